The van der Waals surface area contributed by atoms with Crippen LogP contribution in [0.2, 0.25) is 0 Å². The van der Waals surface area contributed by atoms with Gasteiger partial charge in [0.05, 0.1) is 16.9 Å². The van der Waals surface area contributed by atoms with Crippen molar-refractivity contribution in [3.63, 3.8) is 0 Å². The summed E-state index contributed by atoms with van der Waals surface area (Å²) in [4.78, 5) is 16.8. The molecule has 9 heteroatoms. The molecule has 0 bridgehead atoms. The maximum absolute atomic E-state index is 13.1. The van der Waals surface area contributed by atoms with Crippen molar-refractivity contribution in [1.82, 2.24) is 13.9 Å². The molecule has 2 aromatic carbocycles. The van der Waals surface area contributed by atoms with Gasteiger partial charge < -0.3 is 14.6 Å². The molecular formula is C25H28N4O4S. The van der Waals surface area contributed by atoms with Crippen LogP contribution >= 0.6 is 0 Å². The van der Waals surface area contributed by atoms with Crippen LogP contribution in [0.5, 0.6) is 5.75 Å². The van der Waals surface area contributed by atoms with E-state index in [1.807, 2.05) is 18.2 Å². The van der Waals surface area contributed by atoms with Crippen molar-refractivity contribution < 1.29 is 17.9 Å². The van der Waals surface area contributed by atoms with E-state index in [2.05, 4.69) is 16.9 Å². The Labute approximate surface area is 199 Å². The number of hydrogen-bond acceptors (Lipinski definition) is 5. The number of sulfonamides is 1. The van der Waals surface area contributed by atoms with E-state index in [4.69, 9.17) is 4.74 Å². The van der Waals surface area contributed by atoms with Crippen LogP contribution in [0.4, 0.5) is 5.69 Å². The van der Waals surface area contributed by atoms with E-state index in [1.165, 1.54) is 10.4 Å². The normalized spacial score (nSPS) is 14.8. The molecule has 2 heterocycles. The van der Waals surface area contributed by atoms with E-state index >= 15 is 0 Å². The van der Waals surface area contributed by atoms with E-state index in [9.17, 15) is 13.2 Å². The summed E-state index contributed by atoms with van der Waals surface area (Å²) in [6.45, 7) is 4.89. The highest BCUT2D eigenvalue weighted by Crippen LogP contribution is 2.26. The molecule has 178 valence electrons. The molecule has 1 aromatic heterocycles. The SMILES string of the molecule is C=C(c1ccccc1OCC(=O)Nc1cccc(S(=O)(=O)N2CCCCCC2)c1)n1ccnc1. The summed E-state index contributed by atoms with van der Waals surface area (Å²) < 4.78 is 35.2. The summed E-state index contributed by atoms with van der Waals surface area (Å²) in [7, 11) is -3.60. The van der Waals surface area contributed by atoms with Gasteiger partial charge in [0.2, 0.25) is 10.0 Å². The van der Waals surface area contributed by atoms with Crippen molar-refractivity contribution in [2.24, 2.45) is 0 Å². The zero-order chi connectivity index (χ0) is 24.0. The van der Waals surface area contributed by atoms with Gasteiger partial charge in [-0.25, -0.2) is 13.4 Å². The number of imidazole rings is 1. The molecule has 1 saturated heterocycles. The van der Waals surface area contributed by atoms with Crippen LogP contribution in [0.3, 0.4) is 0 Å². The third-order valence-electron chi connectivity index (χ3n) is 5.69. The Morgan fingerprint density at radius 1 is 1.06 bits per heavy atom. The van der Waals surface area contributed by atoms with Gasteiger partial charge in [-0.3, -0.25) is 4.79 Å². The molecule has 1 aliphatic heterocycles. The minimum atomic E-state index is -3.60. The number of ether oxygens (including phenoxy) is 1. The second-order valence-electron chi connectivity index (χ2n) is 8.10. The number of carbonyl (C=O) groups is 1. The Hall–Kier alpha value is -3.43. The van der Waals surface area contributed by atoms with Crippen molar-refractivity contribution in [3.05, 3.63) is 79.4 Å². The number of nitrogens with one attached hydrogen (secondary N) is 1. The predicted molar refractivity (Wildman–Crippen MR) is 131 cm³/mol. The maximum atomic E-state index is 13.1. The van der Waals surface area contributed by atoms with Crippen LogP contribution in [-0.4, -0.2) is 47.9 Å². The fraction of sp³-hybridized carbons (Fsp3) is 0.280. The molecule has 0 aliphatic carbocycles. The minimum Gasteiger partial charge on any atom is -0.483 e. The maximum Gasteiger partial charge on any atom is 0.262 e. The Kier molecular flexibility index (Phi) is 7.44. The smallest absolute Gasteiger partial charge is 0.262 e. The number of benzene rings is 2. The number of hydrogen-bond donors (Lipinski definition) is 1. The largest absolute Gasteiger partial charge is 0.483 e. The summed E-state index contributed by atoms with van der Waals surface area (Å²) in [6.07, 6.45) is 8.88. The molecule has 0 atom stereocenters. The van der Waals surface area contributed by atoms with Crippen molar-refractivity contribution >= 4 is 27.3 Å². The molecule has 0 spiro atoms. The average molecular weight is 481 g/mol. The van der Waals surface area contributed by atoms with Gasteiger partial charge in [-0.1, -0.05) is 37.6 Å². The molecule has 0 saturated carbocycles. The highest BCUT2D eigenvalue weighted by atomic mass is 32.2. The Morgan fingerprint density at radius 3 is 2.56 bits per heavy atom. The average Bonchev–Trinajstić information content (AvgIpc) is 3.24. The van der Waals surface area contributed by atoms with Crippen LogP contribution in [-0.2, 0) is 14.8 Å². The monoisotopic (exact) mass is 480 g/mol. The number of rotatable bonds is 8. The topological polar surface area (TPSA) is 93.5 Å². The summed E-state index contributed by atoms with van der Waals surface area (Å²) in [5.41, 5.74) is 1.80. The van der Waals surface area contributed by atoms with Gasteiger partial charge >= 0.3 is 0 Å². The van der Waals surface area contributed by atoms with E-state index in [0.29, 0.717) is 30.2 Å². The number of carbonyl (C=O) groups excluding carboxylic acids is 1. The van der Waals surface area contributed by atoms with Crippen molar-refractivity contribution in [1.29, 1.82) is 0 Å². The number of anilines is 1. The van der Waals surface area contributed by atoms with Crippen LogP contribution in [0.15, 0.2) is 78.7 Å². The van der Waals surface area contributed by atoms with Crippen LogP contribution in [0.25, 0.3) is 5.70 Å². The molecule has 1 N–H and O–H groups in total. The molecule has 0 unspecified atom stereocenters. The first-order chi connectivity index (χ1) is 16.4. The molecule has 1 amide bonds. The van der Waals surface area contributed by atoms with Gasteiger partial charge in [0.25, 0.3) is 5.91 Å². The Balaban J connectivity index is 1.41. The van der Waals surface area contributed by atoms with E-state index in [0.717, 1.165) is 31.2 Å². The van der Waals surface area contributed by atoms with Gasteiger partial charge in [-0.2, -0.15) is 4.31 Å². The summed E-state index contributed by atoms with van der Waals surface area (Å²) in [5, 5.41) is 2.73. The third-order valence-corrected chi connectivity index (χ3v) is 7.59. The van der Waals surface area contributed by atoms with Gasteiger partial charge in [0.1, 0.15) is 5.75 Å². The lowest BCUT2D eigenvalue weighted by molar-refractivity contribution is -0.118. The molecule has 1 aliphatic rings. The van der Waals surface area contributed by atoms with Crippen molar-refractivity contribution in [3.8, 4) is 5.75 Å². The zero-order valence-electron chi connectivity index (χ0n) is 18.9. The minimum absolute atomic E-state index is 0.176. The Morgan fingerprint density at radius 2 is 1.82 bits per heavy atom. The standard InChI is InChI=1S/C25H28N4O4S/c1-20(28-16-13-26-19-28)23-11-4-5-12-24(23)33-18-25(30)27-21-9-8-10-22(17-21)34(31,32)29-14-6-2-3-7-15-29/h4-5,8-13,16-17,19H,1-3,6-7,14-15,18H2,(H,27,30). The highest BCUT2D eigenvalue weighted by Gasteiger charge is 2.25. The number of nitrogens with zero attached hydrogens (tertiary/aromatic N) is 3. The quantitative estimate of drug-likeness (QED) is 0.526. The van der Waals surface area contributed by atoms with Crippen molar-refractivity contribution in [2.75, 3.05) is 25.0 Å². The van der Waals surface area contributed by atoms with Gasteiger partial charge in [-0.15, -0.1) is 0 Å². The number of amides is 1. The first-order valence-electron chi connectivity index (χ1n) is 11.2. The molecule has 4 rings (SSSR count). The molecule has 0 radical (unpaired) electrons. The second-order valence-corrected chi connectivity index (χ2v) is 10.0. The van der Waals surface area contributed by atoms with Crippen LogP contribution < -0.4 is 10.1 Å². The molecule has 3 aromatic rings. The van der Waals surface area contributed by atoms with E-state index in [1.54, 1.807) is 47.6 Å². The fourth-order valence-electron chi connectivity index (χ4n) is 3.89. The van der Waals surface area contributed by atoms with Crippen LogP contribution in [0, 0.1) is 0 Å². The second kappa shape index (κ2) is 10.7. The lowest BCUT2D eigenvalue weighted by atomic mass is 10.1. The van der Waals surface area contributed by atoms with E-state index < -0.39 is 15.9 Å². The third kappa shape index (κ3) is 5.55. The fourth-order valence-corrected chi connectivity index (χ4v) is 5.46. The first-order valence-corrected chi connectivity index (χ1v) is 12.7. The predicted octanol–water partition coefficient (Wildman–Crippen LogP) is 3.98. The molecule has 8 nitrogen and oxygen atoms in total. The lowest BCUT2D eigenvalue weighted by Gasteiger charge is -2.20. The summed E-state index contributed by atoms with van der Waals surface area (Å²) >= 11 is 0. The summed E-state index contributed by atoms with van der Waals surface area (Å²) in [6, 6.07) is 13.6. The lowest BCUT2D eigenvalue weighted by Crippen LogP contribution is -2.32. The zero-order valence-corrected chi connectivity index (χ0v) is 19.7. The molecule has 34 heavy (non-hydrogen) atoms. The number of aromatic nitrogens is 2. The number of para-hydroxylation sites is 1. The van der Waals surface area contributed by atoms with Crippen molar-refractivity contribution in [2.45, 2.75) is 30.6 Å². The van der Waals surface area contributed by atoms with Crippen LogP contribution in [0.1, 0.15) is 31.2 Å². The van der Waals surface area contributed by atoms with Gasteiger partial charge in [-0.05, 0) is 43.2 Å². The Bertz CT molecular complexity index is 1250. The molecular weight excluding hydrogens is 452 g/mol. The summed E-state index contributed by atoms with van der Waals surface area (Å²) in [5.74, 6) is 0.112. The van der Waals surface area contributed by atoms with Gasteiger partial charge in [0, 0.05) is 36.7 Å². The molecule has 1 fully saturated rings. The first kappa shape index (κ1) is 23.7. The highest BCUT2D eigenvalue weighted by molar-refractivity contribution is 7.89. The van der Waals surface area contributed by atoms with E-state index in [-0.39, 0.29) is 11.5 Å². The van der Waals surface area contributed by atoms with Gasteiger partial charge in [0.15, 0.2) is 6.61 Å².